The van der Waals surface area contributed by atoms with Crippen molar-refractivity contribution >= 4 is 21.5 Å². The standard InChI is InChI=1S/C48H36N/c1-3-13-33(14-4-1)39-21-11-23-43-44-24-12-22-40(34-15-5-2-6-16-34)46(44)32-49(31-45(39)43)29-37-27-25-35-17-7-9-19-41(35)47(37)48-38(30-49)28-26-36-18-8-10-20-42(36)48/h1-28H,29-32H2/q+1. The summed E-state index contributed by atoms with van der Waals surface area (Å²) in [6, 6.07) is 63.6. The fourth-order valence-electron chi connectivity index (χ4n) is 9.01. The van der Waals surface area contributed by atoms with Gasteiger partial charge in [0.1, 0.15) is 26.2 Å². The second kappa shape index (κ2) is 11.2. The lowest BCUT2D eigenvalue weighted by Crippen LogP contribution is -2.44. The third-order valence-corrected chi connectivity index (χ3v) is 11.1. The largest absolute Gasteiger partial charge is 0.309 e. The molecule has 2 heterocycles. The molecule has 0 unspecified atom stereocenters. The van der Waals surface area contributed by atoms with Crippen LogP contribution in [0.4, 0.5) is 0 Å². The molecular weight excluding hydrogens is 591 g/mol. The molecule has 10 rings (SSSR count). The van der Waals surface area contributed by atoms with Gasteiger partial charge in [0, 0.05) is 22.3 Å². The summed E-state index contributed by atoms with van der Waals surface area (Å²) in [6.07, 6.45) is 0. The van der Waals surface area contributed by atoms with Crippen molar-refractivity contribution in [2.45, 2.75) is 26.2 Å². The lowest BCUT2D eigenvalue weighted by atomic mass is 9.88. The molecule has 232 valence electrons. The van der Waals surface area contributed by atoms with Gasteiger partial charge in [-0.1, -0.05) is 170 Å². The van der Waals surface area contributed by atoms with E-state index in [9.17, 15) is 0 Å². The van der Waals surface area contributed by atoms with E-state index in [0.717, 1.165) is 30.7 Å². The van der Waals surface area contributed by atoms with Crippen LogP contribution in [0.2, 0.25) is 0 Å². The molecule has 2 aliphatic heterocycles. The lowest BCUT2D eigenvalue weighted by Gasteiger charge is -2.38. The number of nitrogens with zero attached hydrogens (tertiary/aromatic N) is 1. The van der Waals surface area contributed by atoms with Gasteiger partial charge in [-0.15, -0.1) is 0 Å². The predicted octanol–water partition coefficient (Wildman–Crippen LogP) is 12.2. The molecule has 0 aliphatic carbocycles. The van der Waals surface area contributed by atoms with E-state index in [2.05, 4.69) is 170 Å². The minimum atomic E-state index is 0.921. The molecule has 8 aromatic carbocycles. The number of benzene rings is 8. The highest BCUT2D eigenvalue weighted by Crippen LogP contribution is 2.49. The number of fused-ring (bicyclic) bond motifs is 10. The highest BCUT2D eigenvalue weighted by Gasteiger charge is 2.40. The van der Waals surface area contributed by atoms with Crippen molar-refractivity contribution in [3.63, 3.8) is 0 Å². The van der Waals surface area contributed by atoms with Crippen LogP contribution in [0.1, 0.15) is 22.3 Å². The number of quaternary nitrogens is 1. The Labute approximate surface area is 287 Å². The van der Waals surface area contributed by atoms with Gasteiger partial charge in [-0.05, 0) is 66.1 Å². The molecule has 0 fully saturated rings. The van der Waals surface area contributed by atoms with E-state index in [1.54, 1.807) is 0 Å². The SMILES string of the molecule is c1ccc(-c2cccc3c2C[N+]2(Cc4ccc5ccccc5c4-c4c(ccc5ccccc45)C2)Cc2c(-c4ccccc4)cccc2-3)cc1. The Hall–Kier alpha value is -5.76. The number of hydrogen-bond acceptors (Lipinski definition) is 0. The van der Waals surface area contributed by atoms with E-state index in [1.165, 1.54) is 88.3 Å². The van der Waals surface area contributed by atoms with Gasteiger partial charge in [0.15, 0.2) is 0 Å². The molecule has 0 N–H and O–H groups in total. The molecule has 0 saturated carbocycles. The smallest absolute Gasteiger partial charge is 0.106 e. The van der Waals surface area contributed by atoms with E-state index < -0.39 is 0 Å². The van der Waals surface area contributed by atoms with Gasteiger partial charge in [0.2, 0.25) is 0 Å². The minimum Gasteiger partial charge on any atom is -0.309 e. The van der Waals surface area contributed by atoms with Gasteiger partial charge in [0.05, 0.1) is 0 Å². The van der Waals surface area contributed by atoms with Gasteiger partial charge in [-0.2, -0.15) is 0 Å². The fraction of sp³-hybridized carbons (Fsp3) is 0.0833. The van der Waals surface area contributed by atoms with Gasteiger partial charge in [0.25, 0.3) is 0 Å². The normalized spacial score (nSPS) is 14.4. The van der Waals surface area contributed by atoms with Crippen molar-refractivity contribution in [1.82, 2.24) is 0 Å². The molecule has 0 bridgehead atoms. The monoisotopic (exact) mass is 626 g/mol. The van der Waals surface area contributed by atoms with Gasteiger partial charge in [-0.25, -0.2) is 0 Å². The lowest BCUT2D eigenvalue weighted by molar-refractivity contribution is -0.977. The molecule has 0 saturated heterocycles. The van der Waals surface area contributed by atoms with Crippen LogP contribution in [0.5, 0.6) is 0 Å². The molecule has 0 amide bonds. The Morgan fingerprint density at radius 1 is 0.306 bits per heavy atom. The minimum absolute atomic E-state index is 0.921. The second-order valence-corrected chi connectivity index (χ2v) is 14.0. The zero-order chi connectivity index (χ0) is 32.4. The molecular formula is C48H36N+. The Kier molecular flexibility index (Phi) is 6.44. The first-order valence-corrected chi connectivity index (χ1v) is 17.5. The Bertz CT molecular complexity index is 2360. The zero-order valence-electron chi connectivity index (χ0n) is 27.4. The Morgan fingerprint density at radius 3 is 1.18 bits per heavy atom. The van der Waals surface area contributed by atoms with Crippen LogP contribution < -0.4 is 0 Å². The molecule has 49 heavy (non-hydrogen) atoms. The fourth-order valence-corrected chi connectivity index (χ4v) is 9.01. The van der Waals surface area contributed by atoms with Crippen LogP contribution in [0, 0.1) is 0 Å². The third-order valence-electron chi connectivity index (χ3n) is 11.1. The summed E-state index contributed by atoms with van der Waals surface area (Å²) < 4.78 is 0.921. The van der Waals surface area contributed by atoms with Crippen molar-refractivity contribution in [2.75, 3.05) is 0 Å². The van der Waals surface area contributed by atoms with Crippen molar-refractivity contribution in [3.05, 3.63) is 192 Å². The molecule has 0 atom stereocenters. The van der Waals surface area contributed by atoms with Crippen molar-refractivity contribution in [2.24, 2.45) is 0 Å². The van der Waals surface area contributed by atoms with E-state index >= 15 is 0 Å². The van der Waals surface area contributed by atoms with Crippen LogP contribution in [-0.4, -0.2) is 4.48 Å². The van der Waals surface area contributed by atoms with Crippen LogP contribution in [0.25, 0.3) is 66.1 Å². The first-order chi connectivity index (χ1) is 24.2. The van der Waals surface area contributed by atoms with Gasteiger partial charge < -0.3 is 4.48 Å². The van der Waals surface area contributed by atoms with E-state index in [0.29, 0.717) is 0 Å². The molecule has 2 aliphatic rings. The molecule has 0 aromatic heterocycles. The maximum Gasteiger partial charge on any atom is 0.106 e. The average Bonchev–Trinajstić information content (AvgIpc) is 3.39. The zero-order valence-corrected chi connectivity index (χ0v) is 27.4. The third kappa shape index (κ3) is 4.58. The van der Waals surface area contributed by atoms with E-state index in [4.69, 9.17) is 0 Å². The highest BCUT2D eigenvalue weighted by atomic mass is 15.4. The first-order valence-electron chi connectivity index (χ1n) is 17.5. The van der Waals surface area contributed by atoms with Crippen LogP contribution in [0.3, 0.4) is 0 Å². The van der Waals surface area contributed by atoms with Crippen LogP contribution in [0.15, 0.2) is 170 Å². The molecule has 1 spiro atoms. The highest BCUT2D eigenvalue weighted by molar-refractivity contribution is 6.08. The summed E-state index contributed by atoms with van der Waals surface area (Å²) in [5.41, 5.74) is 16.6. The van der Waals surface area contributed by atoms with Gasteiger partial charge in [-0.3, -0.25) is 0 Å². The maximum absolute atomic E-state index is 2.44. The molecule has 1 nitrogen and oxygen atoms in total. The summed E-state index contributed by atoms with van der Waals surface area (Å²) in [5, 5.41) is 5.31. The van der Waals surface area contributed by atoms with E-state index in [-0.39, 0.29) is 0 Å². The quantitative estimate of drug-likeness (QED) is 0.168. The summed E-state index contributed by atoms with van der Waals surface area (Å²) in [6.45, 7) is 3.80. The topological polar surface area (TPSA) is 0 Å². The summed E-state index contributed by atoms with van der Waals surface area (Å²) >= 11 is 0. The number of rotatable bonds is 2. The first kappa shape index (κ1) is 28.3. The predicted molar refractivity (Wildman–Crippen MR) is 205 cm³/mol. The molecule has 1 heteroatoms. The van der Waals surface area contributed by atoms with Gasteiger partial charge >= 0.3 is 0 Å². The Balaban J connectivity index is 1.29. The van der Waals surface area contributed by atoms with Crippen molar-refractivity contribution < 1.29 is 4.48 Å². The van der Waals surface area contributed by atoms with Crippen LogP contribution >= 0.6 is 0 Å². The van der Waals surface area contributed by atoms with E-state index in [1.807, 2.05) is 0 Å². The van der Waals surface area contributed by atoms with Crippen molar-refractivity contribution in [1.29, 1.82) is 0 Å². The maximum atomic E-state index is 2.44. The molecule has 8 aromatic rings. The van der Waals surface area contributed by atoms with Crippen LogP contribution in [-0.2, 0) is 26.2 Å². The summed E-state index contributed by atoms with van der Waals surface area (Å²) in [7, 11) is 0. The summed E-state index contributed by atoms with van der Waals surface area (Å²) in [4.78, 5) is 0. The van der Waals surface area contributed by atoms with Crippen molar-refractivity contribution in [3.8, 4) is 44.5 Å². The second-order valence-electron chi connectivity index (χ2n) is 14.0. The summed E-state index contributed by atoms with van der Waals surface area (Å²) in [5.74, 6) is 0. The Morgan fingerprint density at radius 2 is 0.714 bits per heavy atom. The molecule has 0 radical (unpaired) electrons. The number of hydrogen-bond donors (Lipinski definition) is 0. The average molecular weight is 627 g/mol.